The molecule has 0 aliphatic carbocycles. The Kier molecular flexibility index (Phi) is 2.74. The van der Waals surface area contributed by atoms with Gasteiger partial charge in [-0.05, 0) is 36.3 Å². The number of benzene rings is 1. The van der Waals surface area contributed by atoms with Gasteiger partial charge in [-0.3, -0.25) is 0 Å². The summed E-state index contributed by atoms with van der Waals surface area (Å²) in [6.07, 6.45) is 4.91. The van der Waals surface area contributed by atoms with Gasteiger partial charge in [0.15, 0.2) is 11.4 Å². The Morgan fingerprint density at radius 3 is 2.86 bits per heavy atom. The molecule has 104 valence electrons. The lowest BCUT2D eigenvalue weighted by Gasteiger charge is -2.02. The molecule has 21 heavy (non-hydrogen) atoms. The van der Waals surface area contributed by atoms with Crippen LogP contribution in [0.1, 0.15) is 17.8 Å². The van der Waals surface area contributed by atoms with Crippen molar-refractivity contribution in [3.05, 3.63) is 60.1 Å². The zero-order chi connectivity index (χ0) is 14.2. The normalized spacial score (nSPS) is 14.2. The molecule has 0 spiro atoms. The van der Waals surface area contributed by atoms with E-state index in [2.05, 4.69) is 53.4 Å². The van der Waals surface area contributed by atoms with Crippen LogP contribution in [0, 0.1) is 6.92 Å². The molecule has 0 saturated carbocycles. The van der Waals surface area contributed by atoms with Crippen LogP contribution in [0.5, 0.6) is 0 Å². The molecule has 0 fully saturated rings. The summed E-state index contributed by atoms with van der Waals surface area (Å²) >= 11 is 0. The lowest BCUT2D eigenvalue weighted by Crippen LogP contribution is -1.90. The van der Waals surface area contributed by atoms with Crippen molar-refractivity contribution in [3.8, 4) is 11.1 Å². The van der Waals surface area contributed by atoms with Crippen molar-refractivity contribution in [2.75, 3.05) is 6.61 Å². The Bertz CT molecular complexity index is 848. The van der Waals surface area contributed by atoms with Gasteiger partial charge in [-0.2, -0.15) is 0 Å². The third-order valence-electron chi connectivity index (χ3n) is 3.61. The lowest BCUT2D eigenvalue weighted by molar-refractivity contribution is 0.305. The van der Waals surface area contributed by atoms with Crippen LogP contribution in [0.3, 0.4) is 0 Å². The molecule has 0 N–H and O–H groups in total. The van der Waals surface area contributed by atoms with Crippen molar-refractivity contribution >= 4 is 11.4 Å². The molecule has 1 aliphatic heterocycles. The van der Waals surface area contributed by atoms with Gasteiger partial charge in [0.2, 0.25) is 5.82 Å². The highest BCUT2D eigenvalue weighted by Crippen LogP contribution is 2.23. The number of rotatable bonds is 2. The van der Waals surface area contributed by atoms with Gasteiger partial charge in [-0.25, -0.2) is 9.50 Å². The molecule has 0 unspecified atom stereocenters. The second kappa shape index (κ2) is 4.74. The highest BCUT2D eigenvalue weighted by molar-refractivity contribution is 5.68. The summed E-state index contributed by atoms with van der Waals surface area (Å²) in [6, 6.07) is 12.6. The number of hydrogen-bond acceptors (Lipinski definition) is 3. The molecule has 0 atom stereocenters. The summed E-state index contributed by atoms with van der Waals surface area (Å²) in [5.41, 5.74) is 4.42. The topological polar surface area (TPSA) is 39.4 Å². The van der Waals surface area contributed by atoms with Crippen LogP contribution in [0.25, 0.3) is 22.5 Å². The van der Waals surface area contributed by atoms with E-state index in [1.165, 1.54) is 11.1 Å². The highest BCUT2D eigenvalue weighted by atomic mass is 16.5. The summed E-state index contributed by atoms with van der Waals surface area (Å²) in [5.74, 6) is 1.45. The van der Waals surface area contributed by atoms with Crippen molar-refractivity contribution < 1.29 is 4.74 Å². The van der Waals surface area contributed by atoms with Crippen LogP contribution in [0.2, 0.25) is 0 Å². The van der Waals surface area contributed by atoms with Crippen molar-refractivity contribution in [3.63, 3.8) is 0 Å². The van der Waals surface area contributed by atoms with E-state index in [9.17, 15) is 0 Å². The first-order valence-corrected chi connectivity index (χ1v) is 7.06. The zero-order valence-electron chi connectivity index (χ0n) is 11.8. The monoisotopic (exact) mass is 277 g/mol. The van der Waals surface area contributed by atoms with E-state index < -0.39 is 0 Å². The van der Waals surface area contributed by atoms with Gasteiger partial charge >= 0.3 is 0 Å². The number of fused-ring (bicyclic) bond motifs is 1. The maximum absolute atomic E-state index is 5.52. The number of aryl methyl sites for hydroxylation is 1. The fourth-order valence-electron chi connectivity index (χ4n) is 2.56. The van der Waals surface area contributed by atoms with E-state index in [4.69, 9.17) is 4.74 Å². The molecule has 4 rings (SSSR count). The molecular weight excluding hydrogens is 262 g/mol. The fraction of sp³-hybridized carbons (Fsp3) is 0.176. The number of nitrogens with zero attached hydrogens (tertiary/aromatic N) is 3. The Morgan fingerprint density at radius 1 is 1.14 bits per heavy atom. The molecule has 0 amide bonds. The minimum atomic E-state index is 0.661. The molecule has 0 saturated heterocycles. The summed E-state index contributed by atoms with van der Waals surface area (Å²) in [4.78, 5) is 4.56. The van der Waals surface area contributed by atoms with Crippen molar-refractivity contribution in [1.82, 2.24) is 14.6 Å². The third kappa shape index (κ3) is 2.18. The standard InChI is InChI=1S/C17H15N3O/c1-12-4-2-5-13(10-12)14-7-8-20-16(11-14)18-17(19-20)15-6-3-9-21-15/h2,4-8,10-11H,3,9H2,1H3. The molecule has 0 radical (unpaired) electrons. The summed E-state index contributed by atoms with van der Waals surface area (Å²) in [7, 11) is 0. The molecule has 3 aromatic rings. The summed E-state index contributed by atoms with van der Waals surface area (Å²) in [5, 5.41) is 4.46. The van der Waals surface area contributed by atoms with Crippen LogP contribution in [0.4, 0.5) is 0 Å². The summed E-state index contributed by atoms with van der Waals surface area (Å²) < 4.78 is 7.31. The van der Waals surface area contributed by atoms with Crippen molar-refractivity contribution in [1.29, 1.82) is 0 Å². The lowest BCUT2D eigenvalue weighted by atomic mass is 10.1. The molecule has 4 nitrogen and oxygen atoms in total. The van der Waals surface area contributed by atoms with E-state index in [1.54, 1.807) is 4.52 Å². The second-order valence-corrected chi connectivity index (χ2v) is 5.23. The Labute approximate surface area is 122 Å². The van der Waals surface area contributed by atoms with Crippen LogP contribution in [-0.2, 0) is 4.74 Å². The van der Waals surface area contributed by atoms with Gasteiger partial charge in [0.25, 0.3) is 0 Å². The van der Waals surface area contributed by atoms with E-state index >= 15 is 0 Å². The van der Waals surface area contributed by atoms with Gasteiger partial charge in [-0.1, -0.05) is 29.8 Å². The minimum absolute atomic E-state index is 0.661. The highest BCUT2D eigenvalue weighted by Gasteiger charge is 2.14. The van der Waals surface area contributed by atoms with Crippen LogP contribution < -0.4 is 0 Å². The van der Waals surface area contributed by atoms with Crippen molar-refractivity contribution in [2.24, 2.45) is 0 Å². The average molecular weight is 277 g/mol. The van der Waals surface area contributed by atoms with Crippen LogP contribution in [-0.4, -0.2) is 21.2 Å². The molecule has 3 heterocycles. The quantitative estimate of drug-likeness (QED) is 0.720. The van der Waals surface area contributed by atoms with Gasteiger partial charge in [0.1, 0.15) is 0 Å². The van der Waals surface area contributed by atoms with Crippen LogP contribution >= 0.6 is 0 Å². The van der Waals surface area contributed by atoms with Crippen molar-refractivity contribution in [2.45, 2.75) is 13.3 Å². The predicted molar refractivity (Wildman–Crippen MR) is 81.7 cm³/mol. The first-order valence-electron chi connectivity index (χ1n) is 7.06. The third-order valence-corrected chi connectivity index (χ3v) is 3.61. The van der Waals surface area contributed by atoms with E-state index in [-0.39, 0.29) is 0 Å². The molecule has 0 bridgehead atoms. The Morgan fingerprint density at radius 2 is 2.05 bits per heavy atom. The van der Waals surface area contributed by atoms with Gasteiger partial charge < -0.3 is 4.74 Å². The zero-order valence-corrected chi connectivity index (χ0v) is 11.8. The molecule has 1 aromatic carbocycles. The Balaban J connectivity index is 1.79. The SMILES string of the molecule is Cc1cccc(-c2ccn3nc(C4=CCCO4)nc3c2)c1. The molecule has 4 heteroatoms. The van der Waals surface area contributed by atoms with E-state index in [1.807, 2.05) is 12.3 Å². The average Bonchev–Trinajstić information content (AvgIpc) is 3.15. The Hall–Kier alpha value is -2.62. The van der Waals surface area contributed by atoms with Gasteiger partial charge in [0.05, 0.1) is 6.61 Å². The smallest absolute Gasteiger partial charge is 0.216 e. The number of aromatic nitrogens is 3. The van der Waals surface area contributed by atoms with Crippen LogP contribution in [0.15, 0.2) is 48.7 Å². The van der Waals surface area contributed by atoms with Gasteiger partial charge in [-0.15, -0.1) is 5.10 Å². The minimum Gasteiger partial charge on any atom is -0.490 e. The fourth-order valence-corrected chi connectivity index (χ4v) is 2.56. The molecular formula is C17H15N3O. The summed E-state index contributed by atoms with van der Waals surface area (Å²) in [6.45, 7) is 2.82. The first-order chi connectivity index (χ1) is 10.3. The number of pyridine rings is 1. The van der Waals surface area contributed by atoms with E-state index in [0.29, 0.717) is 5.82 Å². The molecule has 1 aliphatic rings. The molecule has 2 aromatic heterocycles. The second-order valence-electron chi connectivity index (χ2n) is 5.23. The largest absolute Gasteiger partial charge is 0.490 e. The maximum atomic E-state index is 5.52. The van der Waals surface area contributed by atoms with E-state index in [0.717, 1.165) is 30.0 Å². The predicted octanol–water partition coefficient (Wildman–Crippen LogP) is 3.47. The number of hydrogen-bond donors (Lipinski definition) is 0. The first kappa shape index (κ1) is 12.1. The van der Waals surface area contributed by atoms with Gasteiger partial charge in [0, 0.05) is 12.6 Å². The maximum Gasteiger partial charge on any atom is 0.216 e. The number of ether oxygens (including phenoxy) is 1.